The molecule has 2 atom stereocenters. The number of esters is 1. The highest BCUT2D eigenvalue weighted by Gasteiger charge is 2.27. The van der Waals surface area contributed by atoms with Crippen molar-refractivity contribution in [3.63, 3.8) is 0 Å². The van der Waals surface area contributed by atoms with E-state index in [4.69, 9.17) is 10.5 Å². The minimum absolute atomic E-state index is 0.000483. The van der Waals surface area contributed by atoms with Crippen LogP contribution in [-0.2, 0) is 32.0 Å². The number of aromatic nitrogens is 1. The number of benzene rings is 1. The molecule has 0 fully saturated rings. The molecule has 9 nitrogen and oxygen atoms in total. The Labute approximate surface area is 218 Å². The number of amides is 3. The van der Waals surface area contributed by atoms with Crippen molar-refractivity contribution < 1.29 is 37.1 Å². The first kappa shape index (κ1) is 30.1. The number of nitrogens with two attached hydrogens (primary N) is 1. The van der Waals surface area contributed by atoms with Gasteiger partial charge < -0.3 is 26.1 Å². The van der Waals surface area contributed by atoms with Gasteiger partial charge in [-0.2, -0.15) is 13.2 Å². The van der Waals surface area contributed by atoms with Gasteiger partial charge >= 0.3 is 12.1 Å². The average molecular weight is 537 g/mol. The highest BCUT2D eigenvalue weighted by atomic mass is 19.4. The number of nitrogens with one attached hydrogen (secondary N) is 3. The van der Waals surface area contributed by atoms with Gasteiger partial charge in [0.1, 0.15) is 11.7 Å². The number of rotatable bonds is 14. The summed E-state index contributed by atoms with van der Waals surface area (Å²) in [7, 11) is 0. The smallest absolute Gasteiger partial charge is 0.389 e. The fourth-order valence-electron chi connectivity index (χ4n) is 3.47. The molecule has 0 spiro atoms. The zero-order valence-corrected chi connectivity index (χ0v) is 20.8. The second-order valence-electron chi connectivity index (χ2n) is 8.46. The van der Waals surface area contributed by atoms with Gasteiger partial charge in [-0.15, -0.1) is 0 Å². The first-order valence-corrected chi connectivity index (χ1v) is 12.0. The molecule has 5 N–H and O–H groups in total. The molecule has 0 aliphatic rings. The van der Waals surface area contributed by atoms with Crippen LogP contribution in [-0.4, -0.2) is 53.5 Å². The number of H-pyrrole nitrogens is 1. The highest BCUT2D eigenvalue weighted by molar-refractivity contribution is 5.96. The van der Waals surface area contributed by atoms with E-state index in [1.54, 1.807) is 37.3 Å². The maximum atomic E-state index is 13.2. The van der Waals surface area contributed by atoms with Crippen molar-refractivity contribution in [3.8, 4) is 0 Å². The number of alkyl halides is 3. The molecule has 38 heavy (non-hydrogen) atoms. The molecule has 2 rings (SSSR count). The first-order chi connectivity index (χ1) is 18.0. The largest absolute Gasteiger partial charge is 0.463 e. The van der Waals surface area contributed by atoms with Crippen LogP contribution < -0.4 is 16.4 Å². The number of hydrogen-bond acceptors (Lipinski definition) is 5. The molecular formula is C26H31F3N4O5. The van der Waals surface area contributed by atoms with E-state index in [0.717, 1.165) is 11.6 Å². The van der Waals surface area contributed by atoms with Crippen molar-refractivity contribution in [1.29, 1.82) is 0 Å². The molecule has 12 heteroatoms. The molecular weight excluding hydrogens is 505 g/mol. The standard InChI is InChI=1S/C26H31F3N4O5/c1-2-38-23(35)13-10-18(9-12-22(30)34)32-25(37)21(16-17-6-4-3-5-7-17)33-24(36)20-11-8-19(31-20)14-15-26(27,28)29/h3-8,10-11,13,18,21,31H,2,9,12,14-16H2,1H3,(H2,30,34)(H,32,37)(H,33,36)/b13-10+/t18-,21-/m1/s1. The summed E-state index contributed by atoms with van der Waals surface area (Å²) in [5.41, 5.74) is 6.19. The molecule has 0 radical (unpaired) electrons. The second-order valence-corrected chi connectivity index (χ2v) is 8.46. The van der Waals surface area contributed by atoms with Gasteiger partial charge in [0, 0.05) is 37.1 Å². The molecule has 0 unspecified atom stereocenters. The zero-order chi connectivity index (χ0) is 28.1. The van der Waals surface area contributed by atoms with Crippen LogP contribution in [0.5, 0.6) is 0 Å². The predicted molar refractivity (Wildman–Crippen MR) is 133 cm³/mol. The third kappa shape index (κ3) is 11.3. The Morgan fingerprint density at radius 3 is 2.42 bits per heavy atom. The van der Waals surface area contributed by atoms with Crippen LogP contribution in [0.2, 0.25) is 0 Å². The second kappa shape index (κ2) is 14.6. The third-order valence-electron chi connectivity index (χ3n) is 5.35. The topological polar surface area (TPSA) is 143 Å². The lowest BCUT2D eigenvalue weighted by Crippen LogP contribution is -2.50. The summed E-state index contributed by atoms with van der Waals surface area (Å²) in [6, 6.07) is 9.72. The highest BCUT2D eigenvalue weighted by Crippen LogP contribution is 2.22. The normalized spacial score (nSPS) is 13.1. The number of aryl methyl sites for hydroxylation is 1. The lowest BCUT2D eigenvalue weighted by molar-refractivity contribution is -0.137. The van der Waals surface area contributed by atoms with E-state index < -0.39 is 48.4 Å². The van der Waals surface area contributed by atoms with Crippen LogP contribution in [0.25, 0.3) is 0 Å². The van der Waals surface area contributed by atoms with Gasteiger partial charge in [-0.25, -0.2) is 4.79 Å². The molecule has 1 aromatic heterocycles. The molecule has 0 saturated carbocycles. The first-order valence-electron chi connectivity index (χ1n) is 12.0. The summed E-state index contributed by atoms with van der Waals surface area (Å²) in [4.78, 5) is 51.8. The Morgan fingerprint density at radius 2 is 1.79 bits per heavy atom. The summed E-state index contributed by atoms with van der Waals surface area (Å²) < 4.78 is 42.4. The van der Waals surface area contributed by atoms with E-state index in [1.165, 1.54) is 18.2 Å². The van der Waals surface area contributed by atoms with Gasteiger partial charge in [0.15, 0.2) is 0 Å². The van der Waals surface area contributed by atoms with Gasteiger partial charge in [-0.1, -0.05) is 36.4 Å². The van der Waals surface area contributed by atoms with E-state index >= 15 is 0 Å². The lowest BCUT2D eigenvalue weighted by atomic mass is 10.0. The number of primary amides is 1. The number of carbonyl (C=O) groups excluding carboxylic acids is 4. The van der Waals surface area contributed by atoms with Crippen molar-refractivity contribution in [2.45, 2.75) is 57.3 Å². The van der Waals surface area contributed by atoms with Crippen molar-refractivity contribution in [1.82, 2.24) is 15.6 Å². The van der Waals surface area contributed by atoms with Gasteiger partial charge in [-0.3, -0.25) is 14.4 Å². The van der Waals surface area contributed by atoms with Crippen molar-refractivity contribution in [2.24, 2.45) is 5.73 Å². The Balaban J connectivity index is 2.18. The molecule has 1 aromatic carbocycles. The molecule has 1 heterocycles. The molecule has 0 saturated heterocycles. The number of halogens is 3. The van der Waals surface area contributed by atoms with Crippen LogP contribution in [0.4, 0.5) is 13.2 Å². The Kier molecular flexibility index (Phi) is 11.6. The molecule has 0 aliphatic carbocycles. The molecule has 0 aliphatic heterocycles. The van der Waals surface area contributed by atoms with Crippen LogP contribution in [0.1, 0.15) is 47.9 Å². The summed E-state index contributed by atoms with van der Waals surface area (Å²) in [5.74, 6) is -2.52. The summed E-state index contributed by atoms with van der Waals surface area (Å²) in [6.45, 7) is 1.79. The minimum atomic E-state index is -4.33. The third-order valence-corrected chi connectivity index (χ3v) is 5.35. The van der Waals surface area contributed by atoms with Gasteiger partial charge in [-0.05, 0) is 37.5 Å². The van der Waals surface area contributed by atoms with Gasteiger partial charge in [0.25, 0.3) is 5.91 Å². The average Bonchev–Trinajstić information content (AvgIpc) is 3.33. The summed E-state index contributed by atoms with van der Waals surface area (Å²) >= 11 is 0. The van der Waals surface area contributed by atoms with Gasteiger partial charge in [0.05, 0.1) is 6.61 Å². The number of carbonyl (C=O) groups is 4. The molecule has 2 aromatic rings. The number of ether oxygens (including phenoxy) is 1. The van der Waals surface area contributed by atoms with Crippen molar-refractivity contribution in [3.05, 3.63) is 71.6 Å². The maximum Gasteiger partial charge on any atom is 0.389 e. The maximum absolute atomic E-state index is 13.2. The molecule has 0 bridgehead atoms. The Morgan fingerprint density at radius 1 is 1.08 bits per heavy atom. The van der Waals surface area contributed by atoms with Crippen LogP contribution >= 0.6 is 0 Å². The fraction of sp³-hybridized carbons (Fsp3) is 0.385. The molecule has 3 amide bonds. The SMILES string of the molecule is CCOC(=O)/C=C/[C@@H](CCC(N)=O)NC(=O)[C@@H](Cc1ccccc1)NC(=O)c1ccc(CCC(F)(F)F)[nH]1. The van der Waals surface area contributed by atoms with Crippen LogP contribution in [0.3, 0.4) is 0 Å². The van der Waals surface area contributed by atoms with E-state index in [1.807, 2.05) is 0 Å². The Bertz CT molecular complexity index is 1120. The van der Waals surface area contributed by atoms with E-state index in [-0.39, 0.29) is 43.7 Å². The van der Waals surface area contributed by atoms with Crippen molar-refractivity contribution >= 4 is 23.7 Å². The van der Waals surface area contributed by atoms with E-state index in [0.29, 0.717) is 0 Å². The summed E-state index contributed by atoms with van der Waals surface area (Å²) in [6.07, 6.45) is -3.07. The Hall–Kier alpha value is -4.09. The van der Waals surface area contributed by atoms with Crippen LogP contribution in [0.15, 0.2) is 54.6 Å². The zero-order valence-electron chi connectivity index (χ0n) is 20.8. The lowest BCUT2D eigenvalue weighted by Gasteiger charge is -2.22. The van der Waals surface area contributed by atoms with Gasteiger partial charge in [0.2, 0.25) is 11.8 Å². The van der Waals surface area contributed by atoms with Crippen molar-refractivity contribution in [2.75, 3.05) is 6.61 Å². The molecule has 206 valence electrons. The minimum Gasteiger partial charge on any atom is -0.463 e. The number of aromatic amines is 1. The predicted octanol–water partition coefficient (Wildman–Crippen LogP) is 2.72. The number of hydrogen-bond donors (Lipinski definition) is 4. The van der Waals surface area contributed by atoms with E-state index in [9.17, 15) is 32.3 Å². The quantitative estimate of drug-likeness (QED) is 0.217. The van der Waals surface area contributed by atoms with E-state index in [2.05, 4.69) is 15.6 Å². The monoisotopic (exact) mass is 536 g/mol. The summed E-state index contributed by atoms with van der Waals surface area (Å²) in [5, 5.41) is 5.31. The van der Waals surface area contributed by atoms with Crippen LogP contribution in [0, 0.1) is 0 Å². The fourth-order valence-corrected chi connectivity index (χ4v) is 3.47.